The average molecular weight is 319 g/mol. The Morgan fingerprint density at radius 3 is 2.30 bits per heavy atom. The van der Waals surface area contributed by atoms with Gasteiger partial charge < -0.3 is 5.11 Å². The van der Waals surface area contributed by atoms with Gasteiger partial charge in [0.25, 0.3) is 0 Å². The molecule has 4 nitrogen and oxygen atoms in total. The molecule has 0 amide bonds. The first-order valence-electron chi connectivity index (χ1n) is 6.85. The highest BCUT2D eigenvalue weighted by molar-refractivity contribution is 5.62. The van der Waals surface area contributed by atoms with Gasteiger partial charge in [0, 0.05) is 11.6 Å². The number of hydrogen-bond acceptors (Lipinski definition) is 3. The first-order valence-corrected chi connectivity index (χ1v) is 6.85. The van der Waals surface area contributed by atoms with E-state index in [1.807, 2.05) is 0 Å². The fraction of sp³-hybridized carbons (Fsp3) is 0.125. The minimum Gasteiger partial charge on any atom is -0.394 e. The van der Waals surface area contributed by atoms with Gasteiger partial charge in [-0.2, -0.15) is 5.10 Å². The first kappa shape index (κ1) is 15.2. The summed E-state index contributed by atoms with van der Waals surface area (Å²) in [6.45, 7) is -0.123. The molecule has 0 radical (unpaired) electrons. The lowest BCUT2D eigenvalue weighted by Crippen LogP contribution is -2.07. The summed E-state index contributed by atoms with van der Waals surface area (Å²) in [5.74, 6) is -1.44. The number of aliphatic hydroxyl groups is 1. The Kier molecular flexibility index (Phi) is 4.12. The maximum atomic E-state index is 14.0. The highest BCUT2D eigenvalue weighted by Gasteiger charge is 2.17. The number of hydrogen-bond donors (Lipinski definition) is 1. The van der Waals surface area contributed by atoms with Crippen molar-refractivity contribution in [2.45, 2.75) is 6.54 Å². The normalized spacial score (nSPS) is 11.0. The van der Waals surface area contributed by atoms with Crippen LogP contribution in [0.1, 0.15) is 0 Å². The number of halogens is 3. The predicted molar refractivity (Wildman–Crippen MR) is 77.9 cm³/mol. The maximum Gasteiger partial charge on any atom is 0.181 e. The number of benzene rings is 2. The van der Waals surface area contributed by atoms with Crippen LogP contribution in [0.3, 0.4) is 0 Å². The molecule has 7 heteroatoms. The summed E-state index contributed by atoms with van der Waals surface area (Å²) in [5, 5.41) is 13.3. The summed E-state index contributed by atoms with van der Waals surface area (Å²) < 4.78 is 41.4. The van der Waals surface area contributed by atoms with E-state index in [0.717, 1.165) is 12.1 Å². The maximum absolute atomic E-state index is 14.0. The Morgan fingerprint density at radius 1 is 0.957 bits per heavy atom. The van der Waals surface area contributed by atoms with Crippen molar-refractivity contribution in [3.63, 3.8) is 0 Å². The van der Waals surface area contributed by atoms with Crippen LogP contribution in [0.5, 0.6) is 0 Å². The van der Waals surface area contributed by atoms with Gasteiger partial charge >= 0.3 is 0 Å². The van der Waals surface area contributed by atoms with Gasteiger partial charge in [0.15, 0.2) is 11.6 Å². The quantitative estimate of drug-likeness (QED) is 0.804. The molecule has 3 rings (SSSR count). The number of aliphatic hydroxyl groups excluding tert-OH is 1. The molecule has 0 aliphatic carbocycles. The van der Waals surface area contributed by atoms with Crippen molar-refractivity contribution in [1.29, 1.82) is 0 Å². The van der Waals surface area contributed by atoms with E-state index in [2.05, 4.69) is 10.1 Å². The lowest BCUT2D eigenvalue weighted by Gasteiger charge is -2.04. The third-order valence-electron chi connectivity index (χ3n) is 3.26. The Bertz CT molecular complexity index is 831. The van der Waals surface area contributed by atoms with Crippen molar-refractivity contribution in [3.8, 4) is 22.8 Å². The zero-order valence-corrected chi connectivity index (χ0v) is 11.9. The Balaban J connectivity index is 2.10. The van der Waals surface area contributed by atoms with E-state index in [1.165, 1.54) is 35.0 Å². The molecule has 0 saturated heterocycles. The molecule has 0 aliphatic rings. The first-order chi connectivity index (χ1) is 11.1. The number of rotatable bonds is 4. The van der Waals surface area contributed by atoms with Crippen LogP contribution in [0, 0.1) is 17.5 Å². The van der Waals surface area contributed by atoms with E-state index in [4.69, 9.17) is 5.11 Å². The summed E-state index contributed by atoms with van der Waals surface area (Å²) >= 11 is 0. The number of aromatic nitrogens is 3. The summed E-state index contributed by atoms with van der Waals surface area (Å²) in [6, 6.07) is 8.66. The van der Waals surface area contributed by atoms with Crippen LogP contribution in [-0.4, -0.2) is 26.5 Å². The van der Waals surface area contributed by atoms with Gasteiger partial charge in [-0.3, -0.25) is 0 Å². The van der Waals surface area contributed by atoms with Crippen LogP contribution in [0.25, 0.3) is 22.8 Å². The average Bonchev–Trinajstić information content (AvgIpc) is 2.92. The van der Waals surface area contributed by atoms with Crippen LogP contribution in [0.2, 0.25) is 0 Å². The zero-order chi connectivity index (χ0) is 16.4. The molecular weight excluding hydrogens is 307 g/mol. The van der Waals surface area contributed by atoms with Crippen molar-refractivity contribution in [1.82, 2.24) is 14.8 Å². The molecule has 0 fully saturated rings. The fourth-order valence-corrected chi connectivity index (χ4v) is 2.18. The molecule has 0 bridgehead atoms. The third kappa shape index (κ3) is 3.09. The minimum absolute atomic E-state index is 0.0701. The highest BCUT2D eigenvalue weighted by atomic mass is 19.1. The van der Waals surface area contributed by atoms with E-state index < -0.39 is 17.5 Å². The smallest absolute Gasteiger partial charge is 0.181 e. The Hall–Kier alpha value is -2.67. The van der Waals surface area contributed by atoms with E-state index in [1.54, 1.807) is 0 Å². The lowest BCUT2D eigenvalue weighted by molar-refractivity contribution is 0.270. The fourth-order valence-electron chi connectivity index (χ4n) is 2.18. The van der Waals surface area contributed by atoms with Crippen LogP contribution >= 0.6 is 0 Å². The summed E-state index contributed by atoms with van der Waals surface area (Å²) in [5.41, 5.74) is 0.618. The van der Waals surface area contributed by atoms with Gasteiger partial charge in [0.05, 0.1) is 18.7 Å². The van der Waals surface area contributed by atoms with Crippen molar-refractivity contribution >= 4 is 0 Å². The molecule has 1 N–H and O–H groups in total. The Morgan fingerprint density at radius 2 is 1.65 bits per heavy atom. The zero-order valence-electron chi connectivity index (χ0n) is 11.9. The molecule has 3 aromatic rings. The molecule has 0 unspecified atom stereocenters. The molecule has 1 aromatic heterocycles. The van der Waals surface area contributed by atoms with Gasteiger partial charge in [0.1, 0.15) is 17.5 Å². The van der Waals surface area contributed by atoms with E-state index in [9.17, 15) is 13.2 Å². The largest absolute Gasteiger partial charge is 0.394 e. The van der Waals surface area contributed by atoms with Crippen LogP contribution in [0.4, 0.5) is 13.2 Å². The van der Waals surface area contributed by atoms with Crippen molar-refractivity contribution in [2.24, 2.45) is 0 Å². The van der Waals surface area contributed by atoms with Gasteiger partial charge in [-0.25, -0.2) is 22.8 Å². The molecular formula is C16H12F3N3O. The summed E-state index contributed by atoms with van der Waals surface area (Å²) in [7, 11) is 0. The minimum atomic E-state index is -0.776. The van der Waals surface area contributed by atoms with Gasteiger partial charge in [0.2, 0.25) is 0 Å². The topological polar surface area (TPSA) is 50.9 Å². The van der Waals surface area contributed by atoms with Crippen LogP contribution in [-0.2, 0) is 6.54 Å². The second-order valence-electron chi connectivity index (χ2n) is 4.84. The second kappa shape index (κ2) is 6.21. The van der Waals surface area contributed by atoms with Crippen LogP contribution in [0.15, 0.2) is 42.5 Å². The Labute approximate surface area is 129 Å². The van der Waals surface area contributed by atoms with E-state index >= 15 is 0 Å². The second-order valence-corrected chi connectivity index (χ2v) is 4.84. The van der Waals surface area contributed by atoms with Gasteiger partial charge in [-0.1, -0.05) is 0 Å². The molecule has 0 saturated carbocycles. The lowest BCUT2D eigenvalue weighted by atomic mass is 10.2. The van der Waals surface area contributed by atoms with Crippen molar-refractivity contribution in [2.75, 3.05) is 6.61 Å². The summed E-state index contributed by atoms with van der Waals surface area (Å²) in [6.07, 6.45) is 0. The molecule has 1 heterocycles. The number of nitrogens with zero attached hydrogens (tertiary/aromatic N) is 3. The van der Waals surface area contributed by atoms with Gasteiger partial charge in [-0.15, -0.1) is 0 Å². The van der Waals surface area contributed by atoms with Crippen LogP contribution < -0.4 is 0 Å². The third-order valence-corrected chi connectivity index (χ3v) is 3.26. The van der Waals surface area contributed by atoms with E-state index in [0.29, 0.717) is 5.56 Å². The molecule has 23 heavy (non-hydrogen) atoms. The predicted octanol–water partition coefficient (Wildman–Crippen LogP) is 3.02. The molecule has 0 aliphatic heterocycles. The molecule has 0 spiro atoms. The molecule has 0 atom stereocenters. The standard InChI is InChI=1S/C16H12F3N3O/c17-11-3-1-10(2-4-11)15-20-16(22(21-15)7-8-23)13-6-5-12(18)9-14(13)19/h1-6,9,23H,7-8H2. The SMILES string of the molecule is OCCn1nc(-c2ccc(F)cc2)nc1-c1ccc(F)cc1F. The molecule has 2 aromatic carbocycles. The van der Waals surface area contributed by atoms with Crippen molar-refractivity contribution < 1.29 is 18.3 Å². The monoisotopic (exact) mass is 319 g/mol. The summed E-state index contributed by atoms with van der Waals surface area (Å²) in [4.78, 5) is 4.25. The van der Waals surface area contributed by atoms with Crippen molar-refractivity contribution in [3.05, 3.63) is 59.9 Å². The van der Waals surface area contributed by atoms with Gasteiger partial charge in [-0.05, 0) is 36.4 Å². The van der Waals surface area contributed by atoms with E-state index in [-0.39, 0.29) is 30.4 Å². The highest BCUT2D eigenvalue weighted by Crippen LogP contribution is 2.25. The molecule has 118 valence electrons.